The molecule has 4 rings (SSSR count). The average Bonchev–Trinajstić information content (AvgIpc) is 3.66. The number of hydrogen-bond donors (Lipinski definition) is 2. The van der Waals surface area contributed by atoms with Gasteiger partial charge in [0.05, 0.1) is 18.2 Å². The van der Waals surface area contributed by atoms with Crippen LogP contribution in [-0.4, -0.2) is 46.2 Å². The lowest BCUT2D eigenvalue weighted by Crippen LogP contribution is -2.37. The van der Waals surface area contributed by atoms with Crippen LogP contribution in [0.15, 0.2) is 57.7 Å². The number of amides is 1. The summed E-state index contributed by atoms with van der Waals surface area (Å²) in [5.41, 5.74) is 6.65. The van der Waals surface area contributed by atoms with Gasteiger partial charge in [-0.05, 0) is 49.7 Å². The Morgan fingerprint density at radius 1 is 1.05 bits per heavy atom. The van der Waals surface area contributed by atoms with Gasteiger partial charge in [0.2, 0.25) is 17.6 Å². The number of nitrogens with zero attached hydrogens (tertiary/aromatic N) is 3. The number of nitrogens with one attached hydrogen (secondary N) is 1. The minimum Gasteiger partial charge on any atom is -0.481 e. The molecule has 0 saturated carbocycles. The van der Waals surface area contributed by atoms with E-state index in [0.717, 1.165) is 5.56 Å². The molecule has 0 aliphatic rings. The van der Waals surface area contributed by atoms with E-state index in [0.29, 0.717) is 41.0 Å². The van der Waals surface area contributed by atoms with Crippen LogP contribution in [0.1, 0.15) is 68.3 Å². The summed E-state index contributed by atoms with van der Waals surface area (Å²) in [5, 5.41) is 6.61. The summed E-state index contributed by atoms with van der Waals surface area (Å²) in [7, 11) is 0. The number of rotatable bonds is 12. The molecule has 11 nitrogen and oxygen atoms in total. The van der Waals surface area contributed by atoms with Crippen LogP contribution in [0, 0.1) is 5.82 Å². The van der Waals surface area contributed by atoms with E-state index < -0.39 is 29.8 Å². The van der Waals surface area contributed by atoms with Gasteiger partial charge in [0.1, 0.15) is 30.1 Å². The van der Waals surface area contributed by atoms with Crippen LogP contribution >= 0.6 is 12.4 Å². The third kappa shape index (κ3) is 7.92. The van der Waals surface area contributed by atoms with E-state index in [9.17, 15) is 14.0 Å². The number of benzene rings is 2. The molecule has 3 N–H and O–H groups in total. The van der Waals surface area contributed by atoms with Crippen molar-refractivity contribution in [3.63, 3.8) is 0 Å². The van der Waals surface area contributed by atoms with Crippen LogP contribution < -0.4 is 15.8 Å². The summed E-state index contributed by atoms with van der Waals surface area (Å²) in [6.45, 7) is 7.18. The van der Waals surface area contributed by atoms with Crippen LogP contribution in [-0.2, 0) is 9.53 Å². The molecular formula is C29H33ClFN5O6. The number of ether oxygens (including phenoxy) is 2. The van der Waals surface area contributed by atoms with Crippen LogP contribution in [0.5, 0.6) is 5.75 Å². The van der Waals surface area contributed by atoms with Gasteiger partial charge >= 0.3 is 5.97 Å². The van der Waals surface area contributed by atoms with Crippen molar-refractivity contribution in [2.75, 3.05) is 13.2 Å². The average molecular weight is 602 g/mol. The Labute approximate surface area is 248 Å². The van der Waals surface area contributed by atoms with Gasteiger partial charge in [-0.25, -0.2) is 9.37 Å². The molecular weight excluding hydrogens is 569 g/mol. The molecule has 1 amide bonds. The van der Waals surface area contributed by atoms with Crippen LogP contribution in [0.4, 0.5) is 4.39 Å². The fourth-order valence-corrected chi connectivity index (χ4v) is 3.79. The largest absolute Gasteiger partial charge is 0.481 e. The highest BCUT2D eigenvalue weighted by molar-refractivity contribution is 5.95. The van der Waals surface area contributed by atoms with Gasteiger partial charge in [-0.1, -0.05) is 32.0 Å². The zero-order valence-electron chi connectivity index (χ0n) is 23.6. The number of oxazole rings is 1. The minimum atomic E-state index is -0.735. The highest BCUT2D eigenvalue weighted by atomic mass is 35.5. The topological polar surface area (TPSA) is 156 Å². The van der Waals surface area contributed by atoms with Crippen molar-refractivity contribution in [1.29, 1.82) is 0 Å². The summed E-state index contributed by atoms with van der Waals surface area (Å²) >= 11 is 0. The quantitative estimate of drug-likeness (QED) is 0.206. The molecule has 0 saturated heterocycles. The molecule has 0 fully saturated rings. The molecule has 0 spiro atoms. The molecule has 0 aliphatic heterocycles. The van der Waals surface area contributed by atoms with E-state index in [1.165, 1.54) is 18.4 Å². The summed E-state index contributed by atoms with van der Waals surface area (Å²) < 4.78 is 36.8. The van der Waals surface area contributed by atoms with E-state index in [-0.39, 0.29) is 37.0 Å². The normalized spacial score (nSPS) is 12.4. The minimum absolute atomic E-state index is 0. The molecule has 13 heteroatoms. The molecule has 0 bridgehead atoms. The molecule has 2 atom stereocenters. The summed E-state index contributed by atoms with van der Waals surface area (Å²) in [4.78, 5) is 32.6. The molecule has 42 heavy (non-hydrogen) atoms. The molecule has 1 unspecified atom stereocenters. The monoisotopic (exact) mass is 601 g/mol. The van der Waals surface area contributed by atoms with Gasteiger partial charge in [0.15, 0.2) is 6.10 Å². The zero-order valence-corrected chi connectivity index (χ0v) is 24.4. The van der Waals surface area contributed by atoms with E-state index in [1.54, 1.807) is 25.1 Å². The smallest absolute Gasteiger partial charge is 0.319 e. The Morgan fingerprint density at radius 2 is 1.76 bits per heavy atom. The number of hydrogen-bond acceptors (Lipinski definition) is 10. The fraction of sp³-hybridized carbons (Fsp3) is 0.345. The SMILES string of the molecule is CCC(Oc1ccc(-c2noc(C(C)C)n2)cc1)c1nc(-c2ccc(C(=O)N[C@@H](C)COC(=O)CN)c(F)c2)co1.Cl. The van der Waals surface area contributed by atoms with Gasteiger partial charge in [-0.3, -0.25) is 9.59 Å². The zero-order chi connectivity index (χ0) is 29.5. The van der Waals surface area contributed by atoms with Gasteiger partial charge in [0, 0.05) is 17.0 Å². The molecule has 2 aromatic carbocycles. The summed E-state index contributed by atoms with van der Waals surface area (Å²) in [5.74, 6) is 0.166. The molecule has 2 heterocycles. The fourth-order valence-electron chi connectivity index (χ4n) is 3.79. The first kappa shape index (κ1) is 32.2. The van der Waals surface area contributed by atoms with E-state index in [4.69, 9.17) is 24.1 Å². The Kier molecular flexibility index (Phi) is 11.2. The second kappa shape index (κ2) is 14.6. The van der Waals surface area contributed by atoms with Crippen molar-refractivity contribution >= 4 is 24.3 Å². The summed E-state index contributed by atoms with van der Waals surface area (Å²) in [6, 6.07) is 10.9. The Bertz CT molecular complexity index is 1490. The third-order valence-electron chi connectivity index (χ3n) is 6.04. The van der Waals surface area contributed by atoms with Crippen LogP contribution in [0.2, 0.25) is 0 Å². The molecule has 0 radical (unpaired) electrons. The molecule has 0 aliphatic carbocycles. The van der Waals surface area contributed by atoms with Crippen molar-refractivity contribution in [3.05, 3.63) is 71.9 Å². The van der Waals surface area contributed by atoms with Gasteiger partial charge < -0.3 is 29.5 Å². The van der Waals surface area contributed by atoms with Crippen LogP contribution in [0.3, 0.4) is 0 Å². The van der Waals surface area contributed by atoms with Crippen molar-refractivity contribution in [3.8, 4) is 28.4 Å². The van der Waals surface area contributed by atoms with Crippen molar-refractivity contribution in [2.24, 2.45) is 5.73 Å². The third-order valence-corrected chi connectivity index (χ3v) is 6.04. The van der Waals surface area contributed by atoms with Crippen LogP contribution in [0.25, 0.3) is 22.6 Å². The second-order valence-corrected chi connectivity index (χ2v) is 9.68. The lowest BCUT2D eigenvalue weighted by molar-refractivity contribution is -0.142. The molecule has 224 valence electrons. The lowest BCUT2D eigenvalue weighted by Gasteiger charge is -2.14. The highest BCUT2D eigenvalue weighted by Crippen LogP contribution is 2.29. The standard InChI is InChI=1S/C29H32FN5O6.ClH/c1-5-24(40-20-9-6-18(7-10-20)26-34-28(16(2)3)41-35-26)29-33-23(15-39-29)19-8-11-21(22(30)12-19)27(37)32-17(4)14-38-25(36)13-31;/h6-12,15-17,24H,5,13-14,31H2,1-4H3,(H,32,37);1H/t17-,24?;/m0./s1. The van der Waals surface area contributed by atoms with E-state index in [1.807, 2.05) is 32.9 Å². The first-order chi connectivity index (χ1) is 19.7. The molecule has 4 aromatic rings. The first-order valence-electron chi connectivity index (χ1n) is 13.2. The van der Waals surface area contributed by atoms with E-state index >= 15 is 0 Å². The predicted molar refractivity (Wildman–Crippen MR) is 154 cm³/mol. The van der Waals surface area contributed by atoms with Crippen molar-refractivity contribution in [2.45, 2.75) is 52.2 Å². The first-order valence-corrected chi connectivity index (χ1v) is 13.2. The van der Waals surface area contributed by atoms with E-state index in [2.05, 4.69) is 20.4 Å². The highest BCUT2D eigenvalue weighted by Gasteiger charge is 2.21. The number of nitrogens with two attached hydrogens (primary N) is 1. The van der Waals surface area contributed by atoms with Crippen molar-refractivity contribution in [1.82, 2.24) is 20.4 Å². The maximum Gasteiger partial charge on any atom is 0.319 e. The number of esters is 1. The Hall–Kier alpha value is -4.29. The summed E-state index contributed by atoms with van der Waals surface area (Å²) in [6.07, 6.45) is 1.49. The maximum atomic E-state index is 14.9. The number of carbonyl (C=O) groups excluding carboxylic acids is 2. The second-order valence-electron chi connectivity index (χ2n) is 9.68. The predicted octanol–water partition coefficient (Wildman–Crippen LogP) is 5.23. The Balaban J connectivity index is 0.00000484. The van der Waals surface area contributed by atoms with Gasteiger partial charge in [0.25, 0.3) is 5.91 Å². The number of carbonyl (C=O) groups is 2. The molecule has 2 aromatic heterocycles. The van der Waals surface area contributed by atoms with Gasteiger partial charge in [-0.2, -0.15) is 4.98 Å². The van der Waals surface area contributed by atoms with Crippen molar-refractivity contribution < 1.29 is 32.4 Å². The Morgan fingerprint density at radius 3 is 2.38 bits per heavy atom. The lowest BCUT2D eigenvalue weighted by atomic mass is 10.1. The maximum absolute atomic E-state index is 14.9. The number of aromatic nitrogens is 3. The number of halogens is 2. The van der Waals surface area contributed by atoms with Gasteiger partial charge in [-0.15, -0.1) is 12.4 Å².